The number of ether oxygens (including phenoxy) is 1. The quantitative estimate of drug-likeness (QED) is 0.712. The Bertz CT molecular complexity index is 1020. The highest BCUT2D eigenvalue weighted by molar-refractivity contribution is 5.91. The summed E-state index contributed by atoms with van der Waals surface area (Å²) in [5.41, 5.74) is 2.33. The molecule has 1 fully saturated rings. The van der Waals surface area contributed by atoms with Gasteiger partial charge in [-0.3, -0.25) is 9.59 Å². The summed E-state index contributed by atoms with van der Waals surface area (Å²) in [4.78, 5) is 33.8. The molecular weight excluding hydrogens is 356 g/mol. The van der Waals surface area contributed by atoms with E-state index in [0.29, 0.717) is 23.1 Å². The standard InChI is InChI=1S/C21H22N4O3/c26-20(10-9-19-23-18-4-2-1-3-17(18)21(27)24-19)22-15-5-7-16(8-6-15)25-11-13-28-14-12-25/h1-8H,9-14H2,(H,22,26)(H,23,24,27). The van der Waals surface area contributed by atoms with Crippen LogP contribution in [0.25, 0.3) is 10.9 Å². The first-order chi connectivity index (χ1) is 13.7. The van der Waals surface area contributed by atoms with E-state index in [1.807, 2.05) is 30.3 Å². The fourth-order valence-corrected chi connectivity index (χ4v) is 3.29. The Hall–Kier alpha value is -3.19. The van der Waals surface area contributed by atoms with Gasteiger partial charge in [0, 0.05) is 37.3 Å². The lowest BCUT2D eigenvalue weighted by Gasteiger charge is -2.28. The van der Waals surface area contributed by atoms with E-state index in [4.69, 9.17) is 4.74 Å². The van der Waals surface area contributed by atoms with Crippen LogP contribution >= 0.6 is 0 Å². The molecule has 2 heterocycles. The number of anilines is 2. The van der Waals surface area contributed by atoms with Crippen LogP contribution in [0.2, 0.25) is 0 Å². The molecular formula is C21H22N4O3. The lowest BCUT2D eigenvalue weighted by atomic mass is 10.2. The summed E-state index contributed by atoms with van der Waals surface area (Å²) >= 11 is 0. The third-order valence-electron chi connectivity index (χ3n) is 4.78. The molecule has 1 aromatic heterocycles. The molecule has 7 nitrogen and oxygen atoms in total. The molecule has 2 N–H and O–H groups in total. The van der Waals surface area contributed by atoms with Crippen LogP contribution in [0.1, 0.15) is 12.2 Å². The number of aromatic nitrogens is 2. The Balaban J connectivity index is 1.35. The summed E-state index contributed by atoms with van der Waals surface area (Å²) < 4.78 is 5.37. The number of nitrogens with one attached hydrogen (secondary N) is 2. The second kappa shape index (κ2) is 8.22. The van der Waals surface area contributed by atoms with E-state index in [0.717, 1.165) is 37.7 Å². The molecule has 0 bridgehead atoms. The first kappa shape index (κ1) is 18.2. The number of H-pyrrole nitrogens is 1. The number of benzene rings is 2. The molecule has 7 heteroatoms. The summed E-state index contributed by atoms with van der Waals surface area (Å²) in [5, 5.41) is 3.44. The van der Waals surface area contributed by atoms with E-state index in [1.54, 1.807) is 18.2 Å². The number of nitrogens with zero attached hydrogens (tertiary/aromatic N) is 2. The topological polar surface area (TPSA) is 87.3 Å². The number of aromatic amines is 1. The van der Waals surface area contributed by atoms with Gasteiger partial charge < -0.3 is 19.9 Å². The van der Waals surface area contributed by atoms with E-state index >= 15 is 0 Å². The Labute approximate surface area is 162 Å². The smallest absolute Gasteiger partial charge is 0.258 e. The van der Waals surface area contributed by atoms with Crippen LogP contribution in [0.15, 0.2) is 53.3 Å². The summed E-state index contributed by atoms with van der Waals surface area (Å²) in [7, 11) is 0. The van der Waals surface area contributed by atoms with Crippen LogP contribution in [0.5, 0.6) is 0 Å². The average molecular weight is 378 g/mol. The van der Waals surface area contributed by atoms with E-state index in [1.165, 1.54) is 0 Å². The Morgan fingerprint density at radius 3 is 2.64 bits per heavy atom. The summed E-state index contributed by atoms with van der Waals surface area (Å²) in [6, 6.07) is 15.0. The van der Waals surface area contributed by atoms with Crippen molar-refractivity contribution in [1.82, 2.24) is 9.97 Å². The minimum absolute atomic E-state index is 0.116. The van der Waals surface area contributed by atoms with Crippen molar-refractivity contribution >= 4 is 28.2 Å². The van der Waals surface area contributed by atoms with Gasteiger partial charge in [0.1, 0.15) is 5.82 Å². The SMILES string of the molecule is O=C(CCc1nc2ccccc2c(=O)[nH]1)Nc1ccc(N2CCOCC2)cc1. The predicted octanol–water partition coefficient (Wildman–Crippen LogP) is 2.33. The van der Waals surface area contributed by atoms with Crippen LogP contribution < -0.4 is 15.8 Å². The van der Waals surface area contributed by atoms with Gasteiger partial charge in [-0.2, -0.15) is 0 Å². The molecule has 0 spiro atoms. The first-order valence-corrected chi connectivity index (χ1v) is 9.39. The maximum absolute atomic E-state index is 12.3. The third kappa shape index (κ3) is 4.20. The lowest BCUT2D eigenvalue weighted by Crippen LogP contribution is -2.36. The second-order valence-electron chi connectivity index (χ2n) is 6.72. The molecule has 3 aromatic rings. The van der Waals surface area contributed by atoms with Gasteiger partial charge in [0.2, 0.25) is 5.91 Å². The minimum Gasteiger partial charge on any atom is -0.378 e. The fraction of sp³-hybridized carbons (Fsp3) is 0.286. The van der Waals surface area contributed by atoms with Crippen molar-refractivity contribution in [3.05, 3.63) is 64.7 Å². The van der Waals surface area contributed by atoms with Crippen LogP contribution in [0.3, 0.4) is 0 Å². The van der Waals surface area contributed by atoms with Crippen molar-refractivity contribution in [2.75, 3.05) is 36.5 Å². The van der Waals surface area contributed by atoms with Crippen molar-refractivity contribution in [3.8, 4) is 0 Å². The van der Waals surface area contributed by atoms with E-state index in [-0.39, 0.29) is 17.9 Å². The zero-order chi connectivity index (χ0) is 19.3. The van der Waals surface area contributed by atoms with Gasteiger partial charge in [0.05, 0.1) is 24.1 Å². The van der Waals surface area contributed by atoms with Crippen LogP contribution in [0, 0.1) is 0 Å². The number of fused-ring (bicyclic) bond motifs is 1. The number of morpholine rings is 1. The third-order valence-corrected chi connectivity index (χ3v) is 4.78. The highest BCUT2D eigenvalue weighted by atomic mass is 16.5. The summed E-state index contributed by atoms with van der Waals surface area (Å²) in [6.45, 7) is 3.23. The van der Waals surface area contributed by atoms with Gasteiger partial charge in [-0.1, -0.05) is 12.1 Å². The van der Waals surface area contributed by atoms with Crippen molar-refractivity contribution < 1.29 is 9.53 Å². The molecule has 144 valence electrons. The maximum atomic E-state index is 12.3. The Morgan fingerprint density at radius 2 is 1.86 bits per heavy atom. The zero-order valence-electron chi connectivity index (χ0n) is 15.5. The van der Waals surface area contributed by atoms with Gasteiger partial charge in [-0.25, -0.2) is 4.98 Å². The fourth-order valence-electron chi connectivity index (χ4n) is 3.29. The number of hydrogen-bond acceptors (Lipinski definition) is 5. The molecule has 28 heavy (non-hydrogen) atoms. The molecule has 0 aliphatic carbocycles. The van der Waals surface area contributed by atoms with Crippen molar-refractivity contribution in [3.63, 3.8) is 0 Å². The number of amides is 1. The molecule has 0 unspecified atom stereocenters. The van der Waals surface area contributed by atoms with Gasteiger partial charge in [-0.15, -0.1) is 0 Å². The summed E-state index contributed by atoms with van der Waals surface area (Å²) in [6.07, 6.45) is 0.615. The second-order valence-corrected chi connectivity index (χ2v) is 6.72. The monoisotopic (exact) mass is 378 g/mol. The molecule has 0 atom stereocenters. The molecule has 0 saturated carbocycles. The molecule has 0 radical (unpaired) electrons. The number of aryl methyl sites for hydroxylation is 1. The van der Waals surface area contributed by atoms with Crippen molar-refractivity contribution in [2.24, 2.45) is 0 Å². The van der Waals surface area contributed by atoms with Gasteiger partial charge in [0.25, 0.3) is 5.56 Å². The largest absolute Gasteiger partial charge is 0.378 e. The van der Waals surface area contributed by atoms with Crippen LogP contribution in [0.4, 0.5) is 11.4 Å². The maximum Gasteiger partial charge on any atom is 0.258 e. The number of hydrogen-bond donors (Lipinski definition) is 2. The normalized spacial score (nSPS) is 14.2. The number of carbonyl (C=O) groups excluding carboxylic acids is 1. The Morgan fingerprint density at radius 1 is 1.11 bits per heavy atom. The van der Waals surface area contributed by atoms with E-state index in [2.05, 4.69) is 20.2 Å². The van der Waals surface area contributed by atoms with Crippen molar-refractivity contribution in [1.29, 1.82) is 0 Å². The predicted molar refractivity (Wildman–Crippen MR) is 109 cm³/mol. The van der Waals surface area contributed by atoms with Gasteiger partial charge in [0.15, 0.2) is 0 Å². The van der Waals surface area contributed by atoms with Gasteiger partial charge >= 0.3 is 0 Å². The summed E-state index contributed by atoms with van der Waals surface area (Å²) in [5.74, 6) is 0.399. The zero-order valence-corrected chi connectivity index (χ0v) is 15.5. The molecule has 1 aliphatic heterocycles. The lowest BCUT2D eigenvalue weighted by molar-refractivity contribution is -0.116. The number of rotatable bonds is 5. The minimum atomic E-state index is -0.181. The first-order valence-electron chi connectivity index (χ1n) is 9.39. The average Bonchev–Trinajstić information content (AvgIpc) is 2.73. The molecule has 2 aromatic carbocycles. The molecule has 1 amide bonds. The van der Waals surface area contributed by atoms with Crippen LogP contribution in [-0.4, -0.2) is 42.2 Å². The molecule has 1 aliphatic rings. The number of carbonyl (C=O) groups is 1. The van der Waals surface area contributed by atoms with Crippen LogP contribution in [-0.2, 0) is 16.0 Å². The molecule has 4 rings (SSSR count). The highest BCUT2D eigenvalue weighted by Gasteiger charge is 2.11. The van der Waals surface area contributed by atoms with E-state index < -0.39 is 0 Å². The Kier molecular flexibility index (Phi) is 5.34. The van der Waals surface area contributed by atoms with Gasteiger partial charge in [-0.05, 0) is 36.4 Å². The van der Waals surface area contributed by atoms with E-state index in [9.17, 15) is 9.59 Å². The molecule has 1 saturated heterocycles. The number of para-hydroxylation sites is 1. The highest BCUT2D eigenvalue weighted by Crippen LogP contribution is 2.19. The van der Waals surface area contributed by atoms with Crippen molar-refractivity contribution in [2.45, 2.75) is 12.8 Å².